The molecule has 0 N–H and O–H groups in total. The van der Waals surface area contributed by atoms with Crippen LogP contribution >= 0.6 is 11.6 Å². The summed E-state index contributed by atoms with van der Waals surface area (Å²) in [6, 6.07) is 18.8. The molecule has 0 unspecified atom stereocenters. The summed E-state index contributed by atoms with van der Waals surface area (Å²) in [5, 5.41) is 0.275. The van der Waals surface area contributed by atoms with E-state index in [9.17, 15) is 0 Å². The Morgan fingerprint density at radius 3 is 1.43 bits per heavy atom. The van der Waals surface area contributed by atoms with Gasteiger partial charge in [-0.1, -0.05) is 62.4 Å². The maximum absolute atomic E-state index is 6.14. The number of benzene rings is 2. The second-order valence-corrected chi connectivity index (χ2v) is 5.85. The van der Waals surface area contributed by atoms with Crippen molar-refractivity contribution in [3.8, 4) is 22.5 Å². The molecule has 0 radical (unpaired) electrons. The van der Waals surface area contributed by atoms with E-state index in [-0.39, 0.29) is 5.28 Å². The molecular formula is C20H19ClN2. The first kappa shape index (κ1) is 15.7. The van der Waals surface area contributed by atoms with Crippen LogP contribution in [-0.2, 0) is 12.8 Å². The molecule has 0 spiro atoms. The van der Waals surface area contributed by atoms with E-state index in [0.29, 0.717) is 0 Å². The van der Waals surface area contributed by atoms with Crippen molar-refractivity contribution in [3.63, 3.8) is 0 Å². The van der Waals surface area contributed by atoms with Crippen molar-refractivity contribution >= 4 is 11.6 Å². The summed E-state index contributed by atoms with van der Waals surface area (Å²) in [5.41, 5.74) is 6.42. The molecule has 23 heavy (non-hydrogen) atoms. The Bertz CT molecular complexity index is 727. The quantitative estimate of drug-likeness (QED) is 0.585. The summed E-state index contributed by atoms with van der Waals surface area (Å²) in [6.07, 6.45) is 2.06. The average Bonchev–Trinajstić information content (AvgIpc) is 2.61. The molecule has 2 aromatic carbocycles. The van der Waals surface area contributed by atoms with Gasteiger partial charge in [-0.15, -0.1) is 0 Å². The van der Waals surface area contributed by atoms with E-state index in [1.54, 1.807) is 0 Å². The van der Waals surface area contributed by atoms with E-state index in [1.165, 1.54) is 11.1 Å². The molecule has 3 heteroatoms. The van der Waals surface area contributed by atoms with Crippen molar-refractivity contribution in [2.75, 3.05) is 0 Å². The largest absolute Gasteiger partial charge is 0.223 e. The van der Waals surface area contributed by atoms with Gasteiger partial charge in [0.1, 0.15) is 0 Å². The van der Waals surface area contributed by atoms with Gasteiger partial charge in [0.15, 0.2) is 0 Å². The van der Waals surface area contributed by atoms with E-state index in [1.807, 2.05) is 6.07 Å². The molecule has 0 aliphatic rings. The lowest BCUT2D eigenvalue weighted by Crippen LogP contribution is -1.92. The Labute approximate surface area is 142 Å². The van der Waals surface area contributed by atoms with Crippen LogP contribution in [0.3, 0.4) is 0 Å². The Morgan fingerprint density at radius 2 is 1.09 bits per heavy atom. The second kappa shape index (κ2) is 6.93. The smallest absolute Gasteiger partial charge is 0.218 e. The minimum absolute atomic E-state index is 0.275. The van der Waals surface area contributed by atoms with E-state index >= 15 is 0 Å². The van der Waals surface area contributed by atoms with Crippen molar-refractivity contribution in [3.05, 3.63) is 71.0 Å². The SMILES string of the molecule is CCc1ccc(-c2cc(-c3ccc(CC)cc3)nc(Cl)n2)cc1. The van der Waals surface area contributed by atoms with Crippen molar-refractivity contribution in [1.82, 2.24) is 9.97 Å². The highest BCUT2D eigenvalue weighted by atomic mass is 35.5. The maximum atomic E-state index is 6.14. The number of hydrogen-bond acceptors (Lipinski definition) is 2. The lowest BCUT2D eigenvalue weighted by Gasteiger charge is -2.07. The van der Waals surface area contributed by atoms with Crippen LogP contribution in [0.25, 0.3) is 22.5 Å². The van der Waals surface area contributed by atoms with Gasteiger partial charge in [0.2, 0.25) is 5.28 Å². The maximum Gasteiger partial charge on any atom is 0.223 e. The van der Waals surface area contributed by atoms with Crippen LogP contribution in [0, 0.1) is 0 Å². The fourth-order valence-electron chi connectivity index (χ4n) is 2.54. The zero-order valence-electron chi connectivity index (χ0n) is 13.4. The standard InChI is InChI=1S/C20H19ClN2/c1-3-14-5-9-16(10-6-14)18-13-19(23-20(21)22-18)17-11-7-15(4-2)8-12-17/h5-13H,3-4H2,1-2H3. The number of hydrogen-bond donors (Lipinski definition) is 0. The van der Waals surface area contributed by atoms with E-state index in [4.69, 9.17) is 11.6 Å². The fraction of sp³-hybridized carbons (Fsp3) is 0.200. The third kappa shape index (κ3) is 3.59. The van der Waals surface area contributed by atoms with Crippen molar-refractivity contribution in [2.45, 2.75) is 26.7 Å². The van der Waals surface area contributed by atoms with Gasteiger partial charge >= 0.3 is 0 Å². The molecular weight excluding hydrogens is 304 g/mol. The average molecular weight is 323 g/mol. The van der Waals surface area contributed by atoms with Crippen molar-refractivity contribution in [2.24, 2.45) is 0 Å². The number of aromatic nitrogens is 2. The highest BCUT2D eigenvalue weighted by molar-refractivity contribution is 6.28. The zero-order valence-corrected chi connectivity index (χ0v) is 14.1. The molecule has 0 aliphatic carbocycles. The van der Waals surface area contributed by atoms with Gasteiger partial charge in [0.05, 0.1) is 11.4 Å². The van der Waals surface area contributed by atoms with Crippen LogP contribution in [0.2, 0.25) is 5.28 Å². The molecule has 2 nitrogen and oxygen atoms in total. The summed E-state index contributed by atoms with van der Waals surface area (Å²) >= 11 is 6.14. The van der Waals surface area contributed by atoms with Gasteiger partial charge in [0.25, 0.3) is 0 Å². The van der Waals surface area contributed by atoms with Crippen LogP contribution in [0.15, 0.2) is 54.6 Å². The topological polar surface area (TPSA) is 25.8 Å². The summed E-state index contributed by atoms with van der Waals surface area (Å²) in [6.45, 7) is 4.29. The van der Waals surface area contributed by atoms with Gasteiger partial charge in [0, 0.05) is 11.1 Å². The van der Waals surface area contributed by atoms with Crippen LogP contribution in [0.1, 0.15) is 25.0 Å². The normalized spacial score (nSPS) is 10.7. The molecule has 0 fully saturated rings. The molecule has 0 amide bonds. The monoisotopic (exact) mass is 322 g/mol. The molecule has 3 aromatic rings. The first-order valence-corrected chi connectivity index (χ1v) is 8.30. The predicted octanol–water partition coefficient (Wildman–Crippen LogP) is 5.59. The molecule has 0 bridgehead atoms. The van der Waals surface area contributed by atoms with Crippen LogP contribution in [0.5, 0.6) is 0 Å². The van der Waals surface area contributed by atoms with Crippen LogP contribution in [-0.4, -0.2) is 9.97 Å². The molecule has 1 heterocycles. The second-order valence-electron chi connectivity index (χ2n) is 5.51. The first-order chi connectivity index (χ1) is 11.2. The highest BCUT2D eigenvalue weighted by Crippen LogP contribution is 2.26. The van der Waals surface area contributed by atoms with Gasteiger partial charge in [-0.2, -0.15) is 0 Å². The zero-order chi connectivity index (χ0) is 16.2. The number of rotatable bonds is 4. The number of nitrogens with zero attached hydrogens (tertiary/aromatic N) is 2. The third-order valence-electron chi connectivity index (χ3n) is 4.01. The van der Waals surface area contributed by atoms with Crippen molar-refractivity contribution < 1.29 is 0 Å². The van der Waals surface area contributed by atoms with Gasteiger partial charge in [-0.05, 0) is 41.6 Å². The van der Waals surface area contributed by atoms with Gasteiger partial charge < -0.3 is 0 Å². The fourth-order valence-corrected chi connectivity index (χ4v) is 2.72. The minimum atomic E-state index is 0.275. The lowest BCUT2D eigenvalue weighted by molar-refractivity contribution is 1.13. The molecule has 0 aliphatic heterocycles. The molecule has 3 rings (SSSR count). The van der Waals surface area contributed by atoms with E-state index in [0.717, 1.165) is 35.4 Å². The van der Waals surface area contributed by atoms with E-state index in [2.05, 4.69) is 72.3 Å². The summed E-state index contributed by atoms with van der Waals surface area (Å²) in [7, 11) is 0. The molecule has 0 saturated carbocycles. The first-order valence-electron chi connectivity index (χ1n) is 7.92. The Hall–Kier alpha value is -2.19. The summed E-state index contributed by atoms with van der Waals surface area (Å²) in [5.74, 6) is 0. The minimum Gasteiger partial charge on any atom is -0.218 e. The molecule has 116 valence electrons. The molecule has 0 saturated heterocycles. The third-order valence-corrected chi connectivity index (χ3v) is 4.18. The molecule has 0 atom stereocenters. The Balaban J connectivity index is 2.00. The van der Waals surface area contributed by atoms with Crippen LogP contribution < -0.4 is 0 Å². The molecule has 1 aromatic heterocycles. The Morgan fingerprint density at radius 1 is 0.696 bits per heavy atom. The number of aryl methyl sites for hydroxylation is 2. The highest BCUT2D eigenvalue weighted by Gasteiger charge is 2.07. The Kier molecular flexibility index (Phi) is 4.73. The van der Waals surface area contributed by atoms with E-state index < -0.39 is 0 Å². The summed E-state index contributed by atoms with van der Waals surface area (Å²) < 4.78 is 0. The predicted molar refractivity (Wildman–Crippen MR) is 96.7 cm³/mol. The van der Waals surface area contributed by atoms with Gasteiger partial charge in [-0.25, -0.2) is 9.97 Å². The van der Waals surface area contributed by atoms with Crippen LogP contribution in [0.4, 0.5) is 0 Å². The lowest BCUT2D eigenvalue weighted by atomic mass is 10.0. The summed E-state index contributed by atoms with van der Waals surface area (Å²) in [4.78, 5) is 8.75. The van der Waals surface area contributed by atoms with Crippen molar-refractivity contribution in [1.29, 1.82) is 0 Å². The number of halogens is 1. The van der Waals surface area contributed by atoms with Gasteiger partial charge in [-0.3, -0.25) is 0 Å².